The van der Waals surface area contributed by atoms with E-state index >= 15 is 0 Å². The molecule has 1 saturated heterocycles. The van der Waals surface area contributed by atoms with E-state index in [1.165, 1.54) is 0 Å². The molecule has 0 N–H and O–H groups in total. The van der Waals surface area contributed by atoms with Gasteiger partial charge in [0.1, 0.15) is 0 Å². The minimum atomic E-state index is -2.84. The fraction of sp³-hybridized carbons (Fsp3) is 1.00. The summed E-state index contributed by atoms with van der Waals surface area (Å²) < 4.78 is 28.4. The van der Waals surface area contributed by atoms with Gasteiger partial charge in [0.15, 0.2) is 0 Å². The zero-order valence-corrected chi connectivity index (χ0v) is 10.8. The molecule has 15 heavy (non-hydrogen) atoms. The van der Waals surface area contributed by atoms with Crippen molar-refractivity contribution >= 4 is 19.7 Å². The average molecular weight is 250 g/mol. The minimum absolute atomic E-state index is 0.254. The molecular formula is C10H18O3S2. The molecule has 0 amide bonds. The molecule has 2 rings (SSSR count). The lowest BCUT2D eigenvalue weighted by Crippen LogP contribution is -2.41. The van der Waals surface area contributed by atoms with Gasteiger partial charge in [0.25, 0.3) is 0 Å². The maximum Gasteiger partial charge on any atom is 0.201 e. The fourth-order valence-electron chi connectivity index (χ4n) is 2.78. The molecule has 4 atom stereocenters. The SMILES string of the molecule is COC1CC2CS(=O)(=O)SCC2CC1C. The molecule has 0 bridgehead atoms. The Kier molecular flexibility index (Phi) is 3.33. The van der Waals surface area contributed by atoms with E-state index in [-0.39, 0.29) is 6.10 Å². The summed E-state index contributed by atoms with van der Waals surface area (Å²) in [6.45, 7) is 2.21. The smallest absolute Gasteiger partial charge is 0.201 e. The van der Waals surface area contributed by atoms with Gasteiger partial charge >= 0.3 is 0 Å². The number of hydrogen-bond acceptors (Lipinski definition) is 4. The van der Waals surface area contributed by atoms with Crippen LogP contribution in [0, 0.1) is 17.8 Å². The second kappa shape index (κ2) is 4.26. The van der Waals surface area contributed by atoms with Gasteiger partial charge in [-0.05, 0) is 41.4 Å². The Bertz CT molecular complexity index is 326. The number of rotatable bonds is 1. The maximum atomic E-state index is 11.5. The van der Waals surface area contributed by atoms with Crippen LogP contribution in [0.4, 0.5) is 0 Å². The summed E-state index contributed by atoms with van der Waals surface area (Å²) in [5, 5.41) is 0. The van der Waals surface area contributed by atoms with E-state index in [2.05, 4.69) is 6.92 Å². The monoisotopic (exact) mass is 250 g/mol. The van der Waals surface area contributed by atoms with Crippen LogP contribution >= 0.6 is 10.8 Å². The number of methoxy groups -OCH3 is 1. The first-order chi connectivity index (χ1) is 7.02. The molecule has 2 aliphatic rings. The van der Waals surface area contributed by atoms with Gasteiger partial charge in [-0.1, -0.05) is 6.92 Å². The zero-order valence-electron chi connectivity index (χ0n) is 9.18. The van der Waals surface area contributed by atoms with Crippen LogP contribution in [0.2, 0.25) is 0 Å². The molecular weight excluding hydrogens is 232 g/mol. The number of ether oxygens (including phenoxy) is 1. The predicted octanol–water partition coefficient (Wildman–Crippen LogP) is 1.74. The summed E-state index contributed by atoms with van der Waals surface area (Å²) in [5.41, 5.74) is 0. The van der Waals surface area contributed by atoms with Crippen molar-refractivity contribution in [2.45, 2.75) is 25.9 Å². The predicted molar refractivity (Wildman–Crippen MR) is 62.4 cm³/mol. The number of hydrogen-bond donors (Lipinski definition) is 0. The third-order valence-electron chi connectivity index (χ3n) is 3.69. The Morgan fingerprint density at radius 1 is 1.27 bits per heavy atom. The zero-order chi connectivity index (χ0) is 11.1. The van der Waals surface area contributed by atoms with E-state index < -0.39 is 8.87 Å². The van der Waals surface area contributed by atoms with Gasteiger partial charge in [0, 0.05) is 12.9 Å². The lowest BCUT2D eigenvalue weighted by atomic mass is 9.74. The molecule has 1 heterocycles. The van der Waals surface area contributed by atoms with E-state index in [0.29, 0.717) is 23.5 Å². The Morgan fingerprint density at radius 2 is 2.00 bits per heavy atom. The fourth-order valence-corrected chi connectivity index (χ4v) is 6.56. The first kappa shape index (κ1) is 11.7. The molecule has 3 nitrogen and oxygen atoms in total. The third-order valence-corrected chi connectivity index (χ3v) is 7.35. The van der Waals surface area contributed by atoms with Crippen molar-refractivity contribution in [1.29, 1.82) is 0 Å². The highest BCUT2D eigenvalue weighted by atomic mass is 33.1. The normalized spacial score (nSPS) is 44.7. The minimum Gasteiger partial charge on any atom is -0.381 e. The molecule has 0 aromatic heterocycles. The largest absolute Gasteiger partial charge is 0.381 e. The van der Waals surface area contributed by atoms with E-state index in [9.17, 15) is 8.42 Å². The molecule has 0 radical (unpaired) electrons. The Balaban J connectivity index is 2.08. The van der Waals surface area contributed by atoms with Crippen molar-refractivity contribution in [2.24, 2.45) is 17.8 Å². The van der Waals surface area contributed by atoms with Gasteiger partial charge < -0.3 is 4.74 Å². The molecule has 1 aliphatic heterocycles. The van der Waals surface area contributed by atoms with E-state index in [1.54, 1.807) is 7.11 Å². The first-order valence-corrected chi connectivity index (χ1v) is 8.57. The van der Waals surface area contributed by atoms with Crippen molar-refractivity contribution in [1.82, 2.24) is 0 Å². The summed E-state index contributed by atoms with van der Waals surface area (Å²) in [5.74, 6) is 2.62. The second-order valence-corrected chi connectivity index (χ2v) is 9.00. The highest BCUT2D eigenvalue weighted by molar-refractivity contribution is 8.72. The van der Waals surface area contributed by atoms with Gasteiger partial charge in [-0.25, -0.2) is 8.42 Å². The molecule has 0 aromatic carbocycles. The van der Waals surface area contributed by atoms with Crippen molar-refractivity contribution in [3.8, 4) is 0 Å². The van der Waals surface area contributed by atoms with Crippen LogP contribution in [-0.2, 0) is 13.6 Å². The maximum absolute atomic E-state index is 11.5. The van der Waals surface area contributed by atoms with E-state index in [4.69, 9.17) is 4.74 Å². The molecule has 0 spiro atoms. The van der Waals surface area contributed by atoms with Gasteiger partial charge in [-0.3, -0.25) is 0 Å². The highest BCUT2D eigenvalue weighted by Crippen LogP contribution is 2.42. The average Bonchev–Trinajstić information content (AvgIpc) is 2.17. The molecule has 2 fully saturated rings. The summed E-state index contributed by atoms with van der Waals surface area (Å²) in [6, 6.07) is 0. The molecule has 1 saturated carbocycles. The van der Waals surface area contributed by atoms with Crippen LogP contribution in [0.15, 0.2) is 0 Å². The van der Waals surface area contributed by atoms with Crippen LogP contribution in [-0.4, -0.2) is 33.1 Å². The van der Waals surface area contributed by atoms with Gasteiger partial charge in [0.2, 0.25) is 8.87 Å². The van der Waals surface area contributed by atoms with Crippen molar-refractivity contribution in [3.05, 3.63) is 0 Å². The highest BCUT2D eigenvalue weighted by Gasteiger charge is 2.41. The molecule has 1 aliphatic carbocycles. The molecule has 0 aromatic rings. The second-order valence-electron chi connectivity index (χ2n) is 4.75. The van der Waals surface area contributed by atoms with Gasteiger partial charge in [-0.15, -0.1) is 0 Å². The van der Waals surface area contributed by atoms with Crippen molar-refractivity contribution < 1.29 is 13.2 Å². The first-order valence-electron chi connectivity index (χ1n) is 5.41. The summed E-state index contributed by atoms with van der Waals surface area (Å²) in [7, 11) is 0.0369. The quantitative estimate of drug-likeness (QED) is 0.665. The summed E-state index contributed by atoms with van der Waals surface area (Å²) in [4.78, 5) is 0. The van der Waals surface area contributed by atoms with Crippen LogP contribution in [0.1, 0.15) is 19.8 Å². The van der Waals surface area contributed by atoms with Crippen LogP contribution < -0.4 is 0 Å². The molecule has 5 heteroatoms. The lowest BCUT2D eigenvalue weighted by molar-refractivity contribution is -0.00199. The summed E-state index contributed by atoms with van der Waals surface area (Å²) in [6.07, 6.45) is 2.29. The summed E-state index contributed by atoms with van der Waals surface area (Å²) >= 11 is 0. The van der Waals surface area contributed by atoms with Crippen LogP contribution in [0.3, 0.4) is 0 Å². The van der Waals surface area contributed by atoms with Crippen molar-refractivity contribution in [3.63, 3.8) is 0 Å². The molecule has 88 valence electrons. The van der Waals surface area contributed by atoms with Crippen molar-refractivity contribution in [2.75, 3.05) is 18.6 Å². The van der Waals surface area contributed by atoms with Crippen LogP contribution in [0.25, 0.3) is 0 Å². The topological polar surface area (TPSA) is 43.4 Å². The van der Waals surface area contributed by atoms with Crippen LogP contribution in [0.5, 0.6) is 0 Å². The van der Waals surface area contributed by atoms with E-state index in [1.807, 2.05) is 0 Å². The standard InChI is InChI=1S/C10H18O3S2/c1-7-3-8-5-14-15(11,12)6-9(8)4-10(7)13-2/h7-10H,3-6H2,1-2H3. The molecule has 4 unspecified atom stereocenters. The Labute approximate surface area is 95.3 Å². The number of fused-ring (bicyclic) bond motifs is 1. The third kappa shape index (κ3) is 2.50. The van der Waals surface area contributed by atoms with Gasteiger partial charge in [0.05, 0.1) is 11.9 Å². The lowest BCUT2D eigenvalue weighted by Gasteiger charge is -2.41. The Morgan fingerprint density at radius 3 is 2.67 bits per heavy atom. The van der Waals surface area contributed by atoms with Gasteiger partial charge in [-0.2, -0.15) is 0 Å². The Hall–Kier alpha value is 0.260. The van der Waals surface area contributed by atoms with E-state index in [0.717, 1.165) is 29.4 Å².